The van der Waals surface area contributed by atoms with Crippen molar-refractivity contribution in [1.82, 2.24) is 9.97 Å². The standard InChI is InChI=1S/C16H21N7O2/c1-9-4-3-5-10(8-9)11-14(23(2)6-7-24)21-13(17)12(20-11)15(25)22-16(18)19/h3-5,8,24H,6-7H2,1-2H3,(H2,17,21)(H4,18,19,22,25). The van der Waals surface area contributed by atoms with E-state index in [-0.39, 0.29) is 24.1 Å². The maximum atomic E-state index is 12.1. The summed E-state index contributed by atoms with van der Waals surface area (Å²) in [7, 11) is 1.75. The molecule has 7 N–H and O–H groups in total. The Hall–Kier alpha value is -3.20. The molecule has 1 heterocycles. The number of guanidine groups is 1. The molecule has 0 aliphatic heterocycles. The van der Waals surface area contributed by atoms with Gasteiger partial charge in [0.1, 0.15) is 5.69 Å². The summed E-state index contributed by atoms with van der Waals surface area (Å²) < 4.78 is 0. The lowest BCUT2D eigenvalue weighted by Crippen LogP contribution is -2.26. The summed E-state index contributed by atoms with van der Waals surface area (Å²) in [5.74, 6) is -0.801. The van der Waals surface area contributed by atoms with Crippen molar-refractivity contribution in [2.75, 3.05) is 30.8 Å². The number of nitrogen functional groups attached to an aromatic ring is 1. The number of aryl methyl sites for hydroxylation is 1. The first kappa shape index (κ1) is 18.1. The van der Waals surface area contributed by atoms with Crippen molar-refractivity contribution < 1.29 is 9.90 Å². The van der Waals surface area contributed by atoms with Gasteiger partial charge in [-0.2, -0.15) is 4.99 Å². The maximum absolute atomic E-state index is 12.1. The molecule has 25 heavy (non-hydrogen) atoms. The van der Waals surface area contributed by atoms with E-state index in [1.165, 1.54) is 0 Å². The van der Waals surface area contributed by atoms with E-state index in [1.54, 1.807) is 11.9 Å². The summed E-state index contributed by atoms with van der Waals surface area (Å²) in [5.41, 5.74) is 18.5. The minimum Gasteiger partial charge on any atom is -0.395 e. The van der Waals surface area contributed by atoms with Gasteiger partial charge in [-0.3, -0.25) is 4.79 Å². The van der Waals surface area contributed by atoms with Gasteiger partial charge in [0.05, 0.1) is 6.61 Å². The highest BCUT2D eigenvalue weighted by Crippen LogP contribution is 2.29. The normalized spacial score (nSPS) is 10.4. The smallest absolute Gasteiger partial charge is 0.302 e. The molecule has 0 bridgehead atoms. The van der Waals surface area contributed by atoms with Crippen LogP contribution in [0.4, 0.5) is 11.6 Å². The van der Waals surface area contributed by atoms with Crippen molar-refractivity contribution in [2.24, 2.45) is 16.5 Å². The van der Waals surface area contributed by atoms with Gasteiger partial charge in [-0.15, -0.1) is 0 Å². The summed E-state index contributed by atoms with van der Waals surface area (Å²) in [4.78, 5) is 26.0. The zero-order chi connectivity index (χ0) is 18.6. The monoisotopic (exact) mass is 343 g/mol. The average Bonchev–Trinajstić information content (AvgIpc) is 2.54. The SMILES string of the molecule is Cc1cccc(-c2nc(C(=O)N=C(N)N)c(N)nc2N(C)CCO)c1. The van der Waals surface area contributed by atoms with E-state index in [9.17, 15) is 9.90 Å². The number of likely N-dealkylation sites (N-methyl/N-ethyl adjacent to an activating group) is 1. The number of hydrogen-bond acceptors (Lipinski definition) is 6. The van der Waals surface area contributed by atoms with E-state index < -0.39 is 5.91 Å². The lowest BCUT2D eigenvalue weighted by atomic mass is 10.1. The molecular formula is C16H21N7O2. The fourth-order valence-corrected chi connectivity index (χ4v) is 2.27. The summed E-state index contributed by atoms with van der Waals surface area (Å²) in [5, 5.41) is 9.19. The molecule has 132 valence electrons. The van der Waals surface area contributed by atoms with Crippen LogP contribution >= 0.6 is 0 Å². The number of anilines is 2. The van der Waals surface area contributed by atoms with Gasteiger partial charge in [0.25, 0.3) is 0 Å². The van der Waals surface area contributed by atoms with Gasteiger partial charge < -0.3 is 27.2 Å². The number of rotatable bonds is 5. The molecule has 0 saturated carbocycles. The topological polar surface area (TPSA) is 157 Å². The van der Waals surface area contributed by atoms with Crippen LogP contribution < -0.4 is 22.1 Å². The number of nitrogens with zero attached hydrogens (tertiary/aromatic N) is 4. The Kier molecular flexibility index (Phi) is 5.50. The highest BCUT2D eigenvalue weighted by atomic mass is 16.3. The number of aliphatic imine (C=N–C) groups is 1. The first-order chi connectivity index (χ1) is 11.8. The number of aliphatic hydroxyl groups excluding tert-OH is 1. The molecular weight excluding hydrogens is 322 g/mol. The van der Waals surface area contributed by atoms with Crippen molar-refractivity contribution in [1.29, 1.82) is 0 Å². The molecule has 9 nitrogen and oxygen atoms in total. The second kappa shape index (κ2) is 7.58. The van der Waals surface area contributed by atoms with Gasteiger partial charge in [-0.25, -0.2) is 9.97 Å². The molecule has 1 aromatic carbocycles. The fraction of sp³-hybridized carbons (Fsp3) is 0.250. The van der Waals surface area contributed by atoms with Crippen LogP contribution in [0, 0.1) is 6.92 Å². The van der Waals surface area contributed by atoms with E-state index in [4.69, 9.17) is 17.2 Å². The molecule has 0 spiro atoms. The molecule has 0 radical (unpaired) electrons. The lowest BCUT2D eigenvalue weighted by molar-refractivity contribution is 0.0998. The van der Waals surface area contributed by atoms with Gasteiger partial charge >= 0.3 is 5.91 Å². The van der Waals surface area contributed by atoms with Crippen molar-refractivity contribution in [2.45, 2.75) is 6.92 Å². The molecule has 0 atom stereocenters. The van der Waals surface area contributed by atoms with Crippen molar-refractivity contribution in [3.05, 3.63) is 35.5 Å². The predicted octanol–water partition coefficient (Wildman–Crippen LogP) is -0.124. The van der Waals surface area contributed by atoms with E-state index in [0.29, 0.717) is 18.1 Å². The van der Waals surface area contributed by atoms with Crippen LogP contribution in [0.1, 0.15) is 16.1 Å². The number of benzene rings is 1. The van der Waals surface area contributed by atoms with Gasteiger partial charge in [0, 0.05) is 19.2 Å². The second-order valence-electron chi connectivity index (χ2n) is 5.49. The van der Waals surface area contributed by atoms with Crippen LogP contribution in [0.2, 0.25) is 0 Å². The summed E-state index contributed by atoms with van der Waals surface area (Å²) in [6.45, 7) is 2.20. The molecule has 0 aliphatic rings. The molecule has 0 saturated heterocycles. The summed E-state index contributed by atoms with van der Waals surface area (Å²) in [6, 6.07) is 7.57. The zero-order valence-electron chi connectivity index (χ0n) is 14.1. The molecule has 1 aromatic heterocycles. The van der Waals surface area contributed by atoms with Crippen LogP contribution in [0.5, 0.6) is 0 Å². The molecule has 0 aliphatic carbocycles. The number of hydrogen-bond donors (Lipinski definition) is 4. The number of nitrogens with two attached hydrogens (primary N) is 3. The van der Waals surface area contributed by atoms with Crippen LogP contribution in [-0.2, 0) is 0 Å². The maximum Gasteiger partial charge on any atom is 0.302 e. The van der Waals surface area contributed by atoms with Gasteiger partial charge in [0.15, 0.2) is 23.3 Å². The first-order valence-electron chi connectivity index (χ1n) is 7.54. The minimum absolute atomic E-state index is 0.0694. The van der Waals surface area contributed by atoms with Crippen LogP contribution in [0.3, 0.4) is 0 Å². The highest BCUT2D eigenvalue weighted by molar-refractivity contribution is 6.03. The zero-order valence-corrected chi connectivity index (χ0v) is 14.1. The fourth-order valence-electron chi connectivity index (χ4n) is 2.27. The molecule has 9 heteroatoms. The largest absolute Gasteiger partial charge is 0.395 e. The third-order valence-electron chi connectivity index (χ3n) is 3.43. The molecule has 1 amide bonds. The number of carbonyl (C=O) groups is 1. The Morgan fingerprint density at radius 2 is 2.04 bits per heavy atom. The Labute approximate surface area is 145 Å². The Bertz CT molecular complexity index is 816. The van der Waals surface area contributed by atoms with Crippen LogP contribution in [0.25, 0.3) is 11.3 Å². The third-order valence-corrected chi connectivity index (χ3v) is 3.43. The number of amides is 1. The van der Waals surface area contributed by atoms with E-state index >= 15 is 0 Å². The molecule has 0 unspecified atom stereocenters. The van der Waals surface area contributed by atoms with Gasteiger partial charge in [-0.05, 0) is 13.0 Å². The highest BCUT2D eigenvalue weighted by Gasteiger charge is 2.20. The first-order valence-corrected chi connectivity index (χ1v) is 7.54. The van der Waals surface area contributed by atoms with E-state index in [1.807, 2.05) is 31.2 Å². The number of carbonyl (C=O) groups excluding carboxylic acids is 1. The number of aromatic nitrogens is 2. The molecule has 2 aromatic rings. The summed E-state index contributed by atoms with van der Waals surface area (Å²) in [6.07, 6.45) is 0. The Morgan fingerprint density at radius 3 is 2.64 bits per heavy atom. The van der Waals surface area contributed by atoms with E-state index in [2.05, 4.69) is 15.0 Å². The Balaban J connectivity index is 2.67. The lowest BCUT2D eigenvalue weighted by Gasteiger charge is -2.21. The second-order valence-corrected chi connectivity index (χ2v) is 5.49. The molecule has 2 rings (SSSR count). The van der Waals surface area contributed by atoms with Crippen molar-refractivity contribution in [3.63, 3.8) is 0 Å². The number of aliphatic hydroxyl groups is 1. The summed E-state index contributed by atoms with van der Waals surface area (Å²) >= 11 is 0. The van der Waals surface area contributed by atoms with Crippen molar-refractivity contribution >= 4 is 23.5 Å². The quantitative estimate of drug-likeness (QED) is 0.432. The predicted molar refractivity (Wildman–Crippen MR) is 97.1 cm³/mol. The third kappa shape index (κ3) is 4.21. The molecule has 0 fully saturated rings. The van der Waals surface area contributed by atoms with E-state index in [0.717, 1.165) is 11.1 Å². The van der Waals surface area contributed by atoms with Gasteiger partial charge in [-0.1, -0.05) is 23.8 Å². The van der Waals surface area contributed by atoms with Crippen LogP contribution in [0.15, 0.2) is 29.3 Å². The minimum atomic E-state index is -0.768. The Morgan fingerprint density at radius 1 is 1.32 bits per heavy atom. The van der Waals surface area contributed by atoms with Crippen LogP contribution in [-0.4, -0.2) is 47.1 Å². The van der Waals surface area contributed by atoms with Crippen molar-refractivity contribution in [3.8, 4) is 11.3 Å². The average molecular weight is 343 g/mol. The van der Waals surface area contributed by atoms with Gasteiger partial charge in [0.2, 0.25) is 0 Å².